The van der Waals surface area contributed by atoms with Gasteiger partial charge < -0.3 is 20.3 Å². The highest BCUT2D eigenvalue weighted by Crippen LogP contribution is 2.45. The molecule has 3 aliphatic heterocycles. The number of carbonyl (C=O) groups is 4. The lowest BCUT2D eigenvalue weighted by atomic mass is 10.00. The number of urea groups is 1. The van der Waals surface area contributed by atoms with E-state index in [1.165, 1.54) is 46.8 Å². The van der Waals surface area contributed by atoms with Gasteiger partial charge in [0.2, 0.25) is 11.8 Å². The second-order valence-electron chi connectivity index (χ2n) is 12.3. The fourth-order valence-electron chi connectivity index (χ4n) is 6.26. The monoisotopic (exact) mass is 605 g/mol. The molecule has 10 nitrogen and oxygen atoms in total. The van der Waals surface area contributed by atoms with Gasteiger partial charge in [-0.1, -0.05) is 6.07 Å². The fraction of sp³-hybridized carbons (Fsp3) is 0.452. The summed E-state index contributed by atoms with van der Waals surface area (Å²) in [6.45, 7) is 4.32. The minimum atomic E-state index is -0.868. The van der Waals surface area contributed by atoms with Crippen molar-refractivity contribution in [3.05, 3.63) is 57.3 Å². The van der Waals surface area contributed by atoms with Crippen molar-refractivity contribution in [2.75, 3.05) is 11.9 Å². The van der Waals surface area contributed by atoms with E-state index in [0.717, 1.165) is 40.2 Å². The number of benzene rings is 2. The van der Waals surface area contributed by atoms with Crippen LogP contribution in [-0.4, -0.2) is 46.3 Å². The van der Waals surface area contributed by atoms with Gasteiger partial charge in [-0.3, -0.25) is 19.7 Å². The molecule has 4 heterocycles. The number of halogens is 1. The summed E-state index contributed by atoms with van der Waals surface area (Å²) >= 11 is 1.54. The van der Waals surface area contributed by atoms with E-state index < -0.39 is 41.2 Å². The SMILES string of the molecule is CC(C)(NC(=O)Nc1ccc2c(c1F)CN(C1CCC(=O)NC1=O)C2=O)c1nc2c([C@@H]3CCCO3)cc(C3CC3)cc2s1. The van der Waals surface area contributed by atoms with E-state index in [1.54, 1.807) is 0 Å². The number of hydrogen-bond acceptors (Lipinski definition) is 7. The molecule has 4 aliphatic rings. The maximum atomic E-state index is 15.6. The van der Waals surface area contributed by atoms with Crippen LogP contribution in [0.3, 0.4) is 0 Å². The molecule has 3 N–H and O–H groups in total. The van der Waals surface area contributed by atoms with E-state index in [2.05, 4.69) is 28.1 Å². The first kappa shape index (κ1) is 27.9. The van der Waals surface area contributed by atoms with Gasteiger partial charge in [-0.25, -0.2) is 14.2 Å². The number of piperidine rings is 1. The second-order valence-corrected chi connectivity index (χ2v) is 13.3. The average Bonchev–Trinajstić information content (AvgIpc) is 3.33. The highest BCUT2D eigenvalue weighted by molar-refractivity contribution is 7.18. The molecule has 2 aromatic carbocycles. The summed E-state index contributed by atoms with van der Waals surface area (Å²) in [6.07, 6.45) is 4.67. The maximum Gasteiger partial charge on any atom is 0.320 e. The van der Waals surface area contributed by atoms with Gasteiger partial charge in [0.1, 0.15) is 11.0 Å². The number of ether oxygens (including phenoxy) is 1. The third-order valence-corrected chi connectivity index (χ3v) is 10.1. The van der Waals surface area contributed by atoms with E-state index in [9.17, 15) is 19.2 Å². The predicted octanol–water partition coefficient (Wildman–Crippen LogP) is 4.98. The smallest absolute Gasteiger partial charge is 0.320 e. The molecule has 1 aliphatic carbocycles. The first-order valence-corrected chi connectivity index (χ1v) is 15.5. The number of thiazole rings is 1. The average molecular weight is 606 g/mol. The Labute approximate surface area is 251 Å². The molecule has 2 saturated heterocycles. The standard InChI is InChI=1S/C31H32FN5O5S/c1-31(2,29-35-26-18(22-4-3-11-42-22)12-16(15-5-6-15)13-23(26)43-29)36-30(41)33-20-8-7-17-19(25(20)32)14-37(28(17)40)21-9-10-24(38)34-27(21)39/h7-8,12-13,15,21-22H,3-6,9-11,14H2,1-2H3,(H2,33,36,41)(H,34,38,39)/t21?,22-/m0/s1. The quantitative estimate of drug-likeness (QED) is 0.340. The molecule has 7 rings (SSSR count). The van der Waals surface area contributed by atoms with Crippen LogP contribution in [0.25, 0.3) is 10.2 Å². The van der Waals surface area contributed by atoms with Crippen molar-refractivity contribution in [3.63, 3.8) is 0 Å². The van der Waals surface area contributed by atoms with Gasteiger partial charge in [-0.15, -0.1) is 11.3 Å². The van der Waals surface area contributed by atoms with Crippen molar-refractivity contribution >= 4 is 51.0 Å². The van der Waals surface area contributed by atoms with Gasteiger partial charge in [0.05, 0.1) is 34.1 Å². The van der Waals surface area contributed by atoms with Crippen LogP contribution >= 0.6 is 11.3 Å². The van der Waals surface area contributed by atoms with Crippen LogP contribution in [0.15, 0.2) is 24.3 Å². The molecule has 3 fully saturated rings. The van der Waals surface area contributed by atoms with Gasteiger partial charge in [0.15, 0.2) is 5.82 Å². The first-order valence-electron chi connectivity index (χ1n) is 14.7. The van der Waals surface area contributed by atoms with Gasteiger partial charge >= 0.3 is 6.03 Å². The molecule has 0 radical (unpaired) electrons. The van der Waals surface area contributed by atoms with E-state index in [4.69, 9.17) is 9.72 Å². The highest BCUT2D eigenvalue weighted by Gasteiger charge is 2.41. The zero-order valence-corrected chi connectivity index (χ0v) is 24.7. The Morgan fingerprint density at radius 2 is 1.98 bits per heavy atom. The van der Waals surface area contributed by atoms with E-state index >= 15 is 4.39 Å². The normalized spacial score (nSPS) is 22.2. The first-order chi connectivity index (χ1) is 20.6. The summed E-state index contributed by atoms with van der Waals surface area (Å²) in [5.41, 5.74) is 2.62. The minimum absolute atomic E-state index is 0.0242. The Kier molecular flexibility index (Phi) is 6.73. The van der Waals surface area contributed by atoms with Gasteiger partial charge in [0.25, 0.3) is 5.91 Å². The minimum Gasteiger partial charge on any atom is -0.373 e. The molecule has 43 heavy (non-hydrogen) atoms. The molecular weight excluding hydrogens is 573 g/mol. The second kappa shape index (κ2) is 10.4. The number of nitrogens with zero attached hydrogens (tertiary/aromatic N) is 2. The Hall–Kier alpha value is -3.90. The number of carbonyl (C=O) groups excluding carboxylic acids is 4. The van der Waals surface area contributed by atoms with Crippen LogP contribution in [0.1, 0.15) is 96.5 Å². The van der Waals surface area contributed by atoms with E-state index in [1.807, 2.05) is 13.8 Å². The molecule has 2 atom stereocenters. The Morgan fingerprint density at radius 1 is 1.16 bits per heavy atom. The molecule has 0 bridgehead atoms. The zero-order valence-electron chi connectivity index (χ0n) is 23.9. The largest absolute Gasteiger partial charge is 0.373 e. The zero-order chi connectivity index (χ0) is 30.0. The van der Waals surface area contributed by atoms with E-state index in [0.29, 0.717) is 5.92 Å². The number of hydrogen-bond donors (Lipinski definition) is 3. The number of amides is 5. The summed E-state index contributed by atoms with van der Waals surface area (Å²) in [7, 11) is 0. The van der Waals surface area contributed by atoms with Crippen molar-refractivity contribution in [3.8, 4) is 0 Å². The highest BCUT2D eigenvalue weighted by atomic mass is 32.1. The van der Waals surface area contributed by atoms with Crippen LogP contribution < -0.4 is 16.0 Å². The third-order valence-electron chi connectivity index (χ3n) is 8.73. The van der Waals surface area contributed by atoms with Crippen LogP contribution in [0.4, 0.5) is 14.9 Å². The number of imide groups is 1. The van der Waals surface area contributed by atoms with Crippen LogP contribution in [0.5, 0.6) is 0 Å². The molecule has 5 amide bonds. The van der Waals surface area contributed by atoms with Gasteiger partial charge in [-0.2, -0.15) is 0 Å². The molecule has 1 aromatic heterocycles. The van der Waals surface area contributed by atoms with Crippen molar-refractivity contribution < 1.29 is 28.3 Å². The molecule has 1 unspecified atom stereocenters. The lowest BCUT2D eigenvalue weighted by molar-refractivity contribution is -0.136. The number of aromatic nitrogens is 1. The Bertz CT molecular complexity index is 1690. The molecule has 1 saturated carbocycles. The molecule has 224 valence electrons. The Morgan fingerprint density at radius 3 is 2.70 bits per heavy atom. The Balaban J connectivity index is 1.09. The van der Waals surface area contributed by atoms with Gasteiger partial charge in [0, 0.05) is 29.7 Å². The summed E-state index contributed by atoms with van der Waals surface area (Å²) in [4.78, 5) is 56.2. The summed E-state index contributed by atoms with van der Waals surface area (Å²) in [5, 5.41) is 8.48. The number of nitrogens with one attached hydrogen (secondary N) is 3. The summed E-state index contributed by atoms with van der Waals surface area (Å²) < 4.78 is 22.7. The van der Waals surface area contributed by atoms with Crippen LogP contribution in [-0.2, 0) is 26.4 Å². The fourth-order valence-corrected chi connectivity index (χ4v) is 7.36. The summed E-state index contributed by atoms with van der Waals surface area (Å²) in [6, 6.07) is 5.78. The lowest BCUT2D eigenvalue weighted by Gasteiger charge is -2.29. The number of rotatable bonds is 6. The van der Waals surface area contributed by atoms with Crippen molar-refractivity contribution in [1.29, 1.82) is 0 Å². The lowest BCUT2D eigenvalue weighted by Crippen LogP contribution is -2.52. The number of fused-ring (bicyclic) bond motifs is 2. The molecule has 3 aromatic rings. The maximum absolute atomic E-state index is 15.6. The van der Waals surface area contributed by atoms with Crippen LogP contribution in [0.2, 0.25) is 0 Å². The molecule has 12 heteroatoms. The van der Waals surface area contributed by atoms with Crippen molar-refractivity contribution in [2.24, 2.45) is 0 Å². The van der Waals surface area contributed by atoms with Gasteiger partial charge in [-0.05, 0) is 75.6 Å². The summed E-state index contributed by atoms with van der Waals surface area (Å²) in [5.74, 6) is -1.60. The van der Waals surface area contributed by atoms with Crippen molar-refractivity contribution in [1.82, 2.24) is 20.5 Å². The van der Waals surface area contributed by atoms with E-state index in [-0.39, 0.29) is 42.3 Å². The molecular formula is C31H32FN5O5S. The van der Waals surface area contributed by atoms with Crippen molar-refractivity contribution in [2.45, 2.75) is 82.5 Å². The topological polar surface area (TPSA) is 130 Å². The predicted molar refractivity (Wildman–Crippen MR) is 157 cm³/mol. The number of anilines is 1. The van der Waals surface area contributed by atoms with Crippen LogP contribution in [0, 0.1) is 5.82 Å². The molecule has 0 spiro atoms. The third kappa shape index (κ3) is 5.06.